The minimum Gasteiger partial charge on any atom is -0.389 e. The zero-order valence-electron chi connectivity index (χ0n) is 11.2. The molecule has 6 nitrogen and oxygen atoms in total. The second-order valence-corrected chi connectivity index (χ2v) is 6.38. The van der Waals surface area contributed by atoms with Gasteiger partial charge in [0, 0.05) is 20.2 Å². The molecule has 0 fully saturated rings. The molecule has 110 valence electrons. The van der Waals surface area contributed by atoms with Gasteiger partial charge in [0.15, 0.2) is 9.84 Å². The average Bonchev–Trinajstić information content (AvgIpc) is 2.44. The molecule has 7 heteroatoms. The van der Waals surface area contributed by atoms with Crippen LogP contribution in [0.25, 0.3) is 0 Å². The van der Waals surface area contributed by atoms with Gasteiger partial charge in [0.1, 0.15) is 0 Å². The Morgan fingerprint density at radius 2 is 2.05 bits per heavy atom. The topological polar surface area (TPSA) is 99.4 Å². The Morgan fingerprint density at radius 1 is 1.40 bits per heavy atom. The van der Waals surface area contributed by atoms with Crippen molar-refractivity contribution in [3.05, 3.63) is 29.8 Å². The van der Waals surface area contributed by atoms with Crippen molar-refractivity contribution in [2.75, 3.05) is 32.6 Å². The number of aliphatic hydroxyl groups is 1. The van der Waals surface area contributed by atoms with Crippen molar-refractivity contribution in [2.45, 2.75) is 11.0 Å². The fourth-order valence-corrected chi connectivity index (χ4v) is 2.78. The fourth-order valence-electron chi connectivity index (χ4n) is 1.58. The predicted molar refractivity (Wildman–Crippen MR) is 74.0 cm³/mol. The van der Waals surface area contributed by atoms with Crippen LogP contribution in [-0.2, 0) is 14.6 Å². The zero-order valence-corrected chi connectivity index (χ0v) is 12.1. The summed E-state index contributed by atoms with van der Waals surface area (Å²) in [6.07, 6.45) is -0.655. The molecule has 0 heterocycles. The number of rotatable bonds is 8. The number of nitrogens with zero attached hydrogens (tertiary/aromatic N) is 1. The van der Waals surface area contributed by atoms with E-state index in [2.05, 4.69) is 5.32 Å². The third-order valence-electron chi connectivity index (χ3n) is 2.63. The van der Waals surface area contributed by atoms with Gasteiger partial charge < -0.3 is 15.2 Å². The molecule has 0 aliphatic rings. The standard InChI is InChI=1S/C13H18N2O4S/c1-19-10-12(16)9-15-6-7-20(17,18)13-4-2-11(8-14)3-5-13/h2-5,12,15-16H,6-7,9-10H2,1H3. The van der Waals surface area contributed by atoms with Crippen molar-refractivity contribution in [3.63, 3.8) is 0 Å². The van der Waals surface area contributed by atoms with Gasteiger partial charge in [-0.25, -0.2) is 8.42 Å². The SMILES string of the molecule is COCC(O)CNCCS(=O)(=O)c1ccc(C#N)cc1. The number of nitriles is 1. The molecule has 0 saturated carbocycles. The van der Waals surface area contributed by atoms with E-state index in [1.54, 1.807) is 0 Å². The average molecular weight is 298 g/mol. The molecule has 0 radical (unpaired) electrons. The Hall–Kier alpha value is -1.46. The smallest absolute Gasteiger partial charge is 0.179 e. The molecule has 1 aromatic carbocycles. The molecule has 1 aromatic rings. The molecule has 20 heavy (non-hydrogen) atoms. The van der Waals surface area contributed by atoms with Gasteiger partial charge in [-0.3, -0.25) is 0 Å². The van der Waals surface area contributed by atoms with Crippen LogP contribution in [-0.4, -0.2) is 52.2 Å². The van der Waals surface area contributed by atoms with E-state index in [0.29, 0.717) is 5.56 Å². The number of methoxy groups -OCH3 is 1. The van der Waals surface area contributed by atoms with Gasteiger partial charge >= 0.3 is 0 Å². The normalized spacial score (nSPS) is 12.8. The maximum absolute atomic E-state index is 12.0. The fraction of sp³-hybridized carbons (Fsp3) is 0.462. The van der Waals surface area contributed by atoms with E-state index >= 15 is 0 Å². The van der Waals surface area contributed by atoms with Crippen LogP contribution in [0.15, 0.2) is 29.2 Å². The van der Waals surface area contributed by atoms with Gasteiger partial charge in [-0.1, -0.05) is 0 Å². The summed E-state index contributed by atoms with van der Waals surface area (Å²) in [7, 11) is -1.90. The Labute approximate surface area is 118 Å². The maximum atomic E-state index is 12.0. The molecule has 0 amide bonds. The van der Waals surface area contributed by atoms with Crippen molar-refractivity contribution >= 4 is 9.84 Å². The molecule has 1 atom stereocenters. The maximum Gasteiger partial charge on any atom is 0.179 e. The van der Waals surface area contributed by atoms with Gasteiger partial charge in [0.25, 0.3) is 0 Å². The number of ether oxygens (including phenoxy) is 1. The summed E-state index contributed by atoms with van der Waals surface area (Å²) in [6.45, 7) is 0.717. The first-order valence-corrected chi connectivity index (χ1v) is 7.75. The van der Waals surface area contributed by atoms with E-state index in [4.69, 9.17) is 10.00 Å². The third kappa shape index (κ3) is 5.27. The molecule has 0 spiro atoms. The second-order valence-electron chi connectivity index (χ2n) is 4.27. The molecular formula is C13H18N2O4S. The van der Waals surface area contributed by atoms with Crippen LogP contribution >= 0.6 is 0 Å². The Morgan fingerprint density at radius 3 is 2.60 bits per heavy atom. The third-order valence-corrected chi connectivity index (χ3v) is 4.36. The van der Waals surface area contributed by atoms with Crippen molar-refractivity contribution in [2.24, 2.45) is 0 Å². The zero-order chi connectivity index (χ0) is 15.0. The van der Waals surface area contributed by atoms with Gasteiger partial charge in [0.05, 0.1) is 35.0 Å². The van der Waals surface area contributed by atoms with Crippen LogP contribution in [0.2, 0.25) is 0 Å². The number of sulfone groups is 1. The number of aliphatic hydroxyl groups excluding tert-OH is 1. The number of nitrogens with one attached hydrogen (secondary N) is 1. The highest BCUT2D eigenvalue weighted by atomic mass is 32.2. The Kier molecular flexibility index (Phi) is 6.61. The van der Waals surface area contributed by atoms with Crippen LogP contribution in [0, 0.1) is 11.3 Å². The highest BCUT2D eigenvalue weighted by Gasteiger charge is 2.14. The van der Waals surface area contributed by atoms with E-state index in [9.17, 15) is 13.5 Å². The predicted octanol–water partition coefficient (Wildman–Crippen LogP) is -0.0711. The number of hydrogen-bond donors (Lipinski definition) is 2. The Balaban J connectivity index is 2.47. The second kappa shape index (κ2) is 7.97. The van der Waals surface area contributed by atoms with E-state index in [-0.39, 0.29) is 30.3 Å². The lowest BCUT2D eigenvalue weighted by atomic mass is 10.2. The Bertz CT molecular complexity index is 549. The van der Waals surface area contributed by atoms with Crippen LogP contribution in [0.1, 0.15) is 5.56 Å². The molecule has 0 saturated heterocycles. The van der Waals surface area contributed by atoms with Crippen LogP contribution in [0.4, 0.5) is 0 Å². The quantitative estimate of drug-likeness (QED) is 0.652. The first kappa shape index (κ1) is 16.6. The van der Waals surface area contributed by atoms with Crippen molar-refractivity contribution in [3.8, 4) is 6.07 Å². The molecule has 0 bridgehead atoms. The van der Waals surface area contributed by atoms with Gasteiger partial charge in [-0.15, -0.1) is 0 Å². The summed E-state index contributed by atoms with van der Waals surface area (Å²) in [6, 6.07) is 7.73. The first-order valence-electron chi connectivity index (χ1n) is 6.10. The summed E-state index contributed by atoms with van der Waals surface area (Å²) >= 11 is 0. The highest BCUT2D eigenvalue weighted by Crippen LogP contribution is 2.11. The van der Waals surface area contributed by atoms with Crippen LogP contribution in [0.3, 0.4) is 0 Å². The lowest BCUT2D eigenvalue weighted by molar-refractivity contribution is 0.0650. The minimum absolute atomic E-state index is 0.0708. The summed E-state index contributed by atoms with van der Waals surface area (Å²) in [5, 5.41) is 20.9. The molecular weight excluding hydrogens is 280 g/mol. The van der Waals surface area contributed by atoms with E-state index < -0.39 is 15.9 Å². The van der Waals surface area contributed by atoms with Gasteiger partial charge in [-0.05, 0) is 24.3 Å². The molecule has 1 unspecified atom stereocenters. The van der Waals surface area contributed by atoms with Crippen LogP contribution in [0.5, 0.6) is 0 Å². The lowest BCUT2D eigenvalue weighted by Gasteiger charge is -2.10. The molecule has 0 aliphatic heterocycles. The molecule has 0 aliphatic carbocycles. The number of hydrogen-bond acceptors (Lipinski definition) is 6. The first-order chi connectivity index (χ1) is 9.49. The van der Waals surface area contributed by atoms with Crippen molar-refractivity contribution in [1.82, 2.24) is 5.32 Å². The summed E-state index contributed by atoms with van der Waals surface area (Å²) < 4.78 is 28.7. The lowest BCUT2D eigenvalue weighted by Crippen LogP contribution is -2.33. The van der Waals surface area contributed by atoms with Crippen molar-refractivity contribution in [1.29, 1.82) is 5.26 Å². The van der Waals surface area contributed by atoms with E-state index in [1.165, 1.54) is 31.4 Å². The van der Waals surface area contributed by atoms with E-state index in [1.807, 2.05) is 6.07 Å². The monoisotopic (exact) mass is 298 g/mol. The van der Waals surface area contributed by atoms with Crippen molar-refractivity contribution < 1.29 is 18.3 Å². The van der Waals surface area contributed by atoms with Crippen LogP contribution < -0.4 is 5.32 Å². The summed E-state index contributed by atoms with van der Waals surface area (Å²) in [4.78, 5) is 0.190. The molecule has 0 aromatic heterocycles. The van der Waals surface area contributed by atoms with E-state index in [0.717, 1.165) is 0 Å². The molecule has 2 N–H and O–H groups in total. The van der Waals surface area contributed by atoms with Gasteiger partial charge in [-0.2, -0.15) is 5.26 Å². The number of benzene rings is 1. The minimum atomic E-state index is -3.38. The van der Waals surface area contributed by atoms with Gasteiger partial charge in [0.2, 0.25) is 0 Å². The largest absolute Gasteiger partial charge is 0.389 e. The summed E-state index contributed by atoms with van der Waals surface area (Å²) in [5.74, 6) is -0.0708. The highest BCUT2D eigenvalue weighted by molar-refractivity contribution is 7.91. The molecule has 1 rings (SSSR count). The summed E-state index contributed by atoms with van der Waals surface area (Å²) in [5.41, 5.74) is 0.421.